The van der Waals surface area contributed by atoms with Crippen LogP contribution in [0.15, 0.2) is 34.0 Å². The van der Waals surface area contributed by atoms with E-state index in [-0.39, 0.29) is 22.7 Å². The number of H-pyrrole nitrogens is 1. The van der Waals surface area contributed by atoms with Gasteiger partial charge < -0.3 is 10.3 Å². The molecule has 8 nitrogen and oxygen atoms in total. The van der Waals surface area contributed by atoms with E-state index in [4.69, 9.17) is 5.14 Å². The second kappa shape index (κ2) is 6.26. The number of hydrogen-bond acceptors (Lipinski definition) is 5. The molecular formula is C13H13FN4O4S. The minimum atomic E-state index is -4.06. The fourth-order valence-electron chi connectivity index (χ4n) is 1.85. The molecule has 2 rings (SSSR count). The zero-order chi connectivity index (χ0) is 17.2. The lowest BCUT2D eigenvalue weighted by molar-refractivity contribution is 0.0946. The van der Waals surface area contributed by atoms with Gasteiger partial charge in [-0.2, -0.15) is 0 Å². The number of nitrogens with zero attached hydrogens (tertiary/aromatic N) is 1. The van der Waals surface area contributed by atoms with Gasteiger partial charge in [-0.3, -0.25) is 9.59 Å². The molecule has 0 atom stereocenters. The zero-order valence-electron chi connectivity index (χ0n) is 12.0. The molecular weight excluding hydrogens is 327 g/mol. The number of benzene rings is 1. The molecule has 0 fully saturated rings. The van der Waals surface area contributed by atoms with Gasteiger partial charge in [0.1, 0.15) is 11.6 Å². The Morgan fingerprint density at radius 2 is 2.09 bits per heavy atom. The number of primary sulfonamides is 1. The predicted octanol–water partition coefficient (Wildman–Crippen LogP) is -0.205. The second-order valence-electron chi connectivity index (χ2n) is 4.69. The van der Waals surface area contributed by atoms with Gasteiger partial charge in [-0.25, -0.2) is 22.9 Å². The van der Waals surface area contributed by atoms with Crippen molar-refractivity contribution in [2.75, 3.05) is 0 Å². The zero-order valence-corrected chi connectivity index (χ0v) is 12.8. The molecule has 0 radical (unpaired) electrons. The van der Waals surface area contributed by atoms with Crippen LogP contribution in [0.5, 0.6) is 0 Å². The number of carbonyl (C=O) groups is 1. The third-order valence-electron chi connectivity index (χ3n) is 2.85. The van der Waals surface area contributed by atoms with E-state index in [9.17, 15) is 22.4 Å². The van der Waals surface area contributed by atoms with Crippen LogP contribution in [0.4, 0.5) is 4.39 Å². The quantitative estimate of drug-likeness (QED) is 0.708. The van der Waals surface area contributed by atoms with E-state index in [1.807, 2.05) is 0 Å². The molecule has 0 aliphatic carbocycles. The van der Waals surface area contributed by atoms with Crippen LogP contribution in [-0.4, -0.2) is 24.3 Å². The van der Waals surface area contributed by atoms with Crippen molar-refractivity contribution in [1.29, 1.82) is 0 Å². The number of rotatable bonds is 4. The van der Waals surface area contributed by atoms with Crippen molar-refractivity contribution >= 4 is 15.9 Å². The second-order valence-corrected chi connectivity index (χ2v) is 6.25. The highest BCUT2D eigenvalue weighted by atomic mass is 32.2. The third kappa shape index (κ3) is 4.20. The first-order valence-electron chi connectivity index (χ1n) is 6.34. The highest BCUT2D eigenvalue weighted by molar-refractivity contribution is 7.89. The summed E-state index contributed by atoms with van der Waals surface area (Å²) in [5.41, 5.74) is -0.579. The van der Waals surface area contributed by atoms with Crippen LogP contribution < -0.4 is 16.0 Å². The fraction of sp³-hybridized carbons (Fsp3) is 0.154. The summed E-state index contributed by atoms with van der Waals surface area (Å²) >= 11 is 0. The molecule has 0 aliphatic rings. The van der Waals surface area contributed by atoms with Gasteiger partial charge in [0.25, 0.3) is 11.5 Å². The van der Waals surface area contributed by atoms with Crippen LogP contribution in [0.2, 0.25) is 0 Å². The molecule has 1 heterocycles. The van der Waals surface area contributed by atoms with Crippen LogP contribution in [0, 0.1) is 12.7 Å². The molecule has 1 aromatic heterocycles. The maximum absolute atomic E-state index is 13.7. The topological polar surface area (TPSA) is 135 Å². The third-order valence-corrected chi connectivity index (χ3v) is 3.77. The van der Waals surface area contributed by atoms with Crippen LogP contribution in [0.25, 0.3) is 0 Å². The SMILES string of the molecule is Cc1nc(CNC(=O)c2cc(S(N)(=O)=O)ccc2F)cc(=O)[nH]1. The average Bonchev–Trinajstić information content (AvgIpc) is 2.43. The Balaban J connectivity index is 2.22. The van der Waals surface area contributed by atoms with E-state index in [1.165, 1.54) is 6.07 Å². The monoisotopic (exact) mass is 340 g/mol. The number of sulfonamides is 1. The lowest BCUT2D eigenvalue weighted by Crippen LogP contribution is -2.26. The Morgan fingerprint density at radius 3 is 2.70 bits per heavy atom. The number of carbonyl (C=O) groups excluding carboxylic acids is 1. The highest BCUT2D eigenvalue weighted by Gasteiger charge is 2.16. The number of hydrogen-bond donors (Lipinski definition) is 3. The smallest absolute Gasteiger partial charge is 0.254 e. The molecule has 23 heavy (non-hydrogen) atoms. The number of nitrogens with one attached hydrogen (secondary N) is 2. The van der Waals surface area contributed by atoms with Crippen molar-refractivity contribution in [3.8, 4) is 0 Å². The number of aromatic nitrogens is 2. The van der Waals surface area contributed by atoms with Crippen molar-refractivity contribution in [3.63, 3.8) is 0 Å². The van der Waals surface area contributed by atoms with Crippen molar-refractivity contribution in [2.45, 2.75) is 18.4 Å². The highest BCUT2D eigenvalue weighted by Crippen LogP contribution is 2.14. The Kier molecular flexibility index (Phi) is 4.57. The van der Waals surface area contributed by atoms with E-state index < -0.39 is 27.3 Å². The molecule has 122 valence electrons. The summed E-state index contributed by atoms with van der Waals surface area (Å²) in [6.07, 6.45) is 0. The van der Waals surface area contributed by atoms with E-state index in [0.29, 0.717) is 5.82 Å². The lowest BCUT2D eigenvalue weighted by Gasteiger charge is -2.07. The predicted molar refractivity (Wildman–Crippen MR) is 78.5 cm³/mol. The molecule has 2 aromatic rings. The molecule has 0 aliphatic heterocycles. The summed E-state index contributed by atoms with van der Waals surface area (Å²) in [6, 6.07) is 3.83. The number of nitrogens with two attached hydrogens (primary N) is 1. The minimum Gasteiger partial charge on any atom is -0.346 e. The van der Waals surface area contributed by atoms with Gasteiger partial charge in [0.05, 0.1) is 22.7 Å². The van der Waals surface area contributed by atoms with Crippen LogP contribution in [-0.2, 0) is 16.6 Å². The average molecular weight is 340 g/mol. The molecule has 10 heteroatoms. The lowest BCUT2D eigenvalue weighted by atomic mass is 10.2. The molecule has 0 bridgehead atoms. The van der Waals surface area contributed by atoms with Crippen LogP contribution in [0.1, 0.15) is 21.9 Å². The van der Waals surface area contributed by atoms with Crippen molar-refractivity contribution in [1.82, 2.24) is 15.3 Å². The summed E-state index contributed by atoms with van der Waals surface area (Å²) in [7, 11) is -4.06. The van der Waals surface area contributed by atoms with E-state index in [1.54, 1.807) is 6.92 Å². The number of aromatic amines is 1. The Morgan fingerprint density at radius 1 is 1.39 bits per heavy atom. The maximum Gasteiger partial charge on any atom is 0.254 e. The Hall–Kier alpha value is -2.59. The molecule has 0 unspecified atom stereocenters. The number of halogens is 1. The minimum absolute atomic E-state index is 0.122. The summed E-state index contributed by atoms with van der Waals surface area (Å²) in [5, 5.41) is 7.30. The largest absolute Gasteiger partial charge is 0.346 e. The Bertz CT molecular complexity index is 924. The van der Waals surface area contributed by atoms with Crippen molar-refractivity contribution in [3.05, 3.63) is 57.5 Å². The van der Waals surface area contributed by atoms with Gasteiger partial charge in [0.15, 0.2) is 0 Å². The van der Waals surface area contributed by atoms with Crippen LogP contribution in [0.3, 0.4) is 0 Å². The first kappa shape index (κ1) is 16.8. The van der Waals surface area contributed by atoms with Gasteiger partial charge in [-0.1, -0.05) is 0 Å². The van der Waals surface area contributed by atoms with Crippen LogP contribution >= 0.6 is 0 Å². The van der Waals surface area contributed by atoms with E-state index in [2.05, 4.69) is 15.3 Å². The molecule has 0 saturated carbocycles. The normalized spacial score (nSPS) is 11.3. The number of aryl methyl sites for hydroxylation is 1. The van der Waals surface area contributed by atoms with Crippen molar-refractivity contribution < 1.29 is 17.6 Å². The molecule has 0 spiro atoms. The van der Waals surface area contributed by atoms with E-state index in [0.717, 1.165) is 18.2 Å². The summed E-state index contributed by atoms with van der Waals surface area (Å²) in [6.45, 7) is 1.45. The van der Waals surface area contributed by atoms with Crippen molar-refractivity contribution in [2.24, 2.45) is 5.14 Å². The maximum atomic E-state index is 13.7. The summed E-state index contributed by atoms with van der Waals surface area (Å²) < 4.78 is 36.2. The standard InChI is InChI=1S/C13H13FN4O4S/c1-7-17-8(4-12(19)18-7)6-16-13(20)10-5-9(23(15,21)22)2-3-11(10)14/h2-5H,6H2,1H3,(H,16,20)(H2,15,21,22)(H,17,18,19). The summed E-state index contributed by atoms with van der Waals surface area (Å²) in [5.74, 6) is -1.39. The number of amides is 1. The first-order valence-corrected chi connectivity index (χ1v) is 7.89. The Labute approximate surface area is 130 Å². The molecule has 4 N–H and O–H groups in total. The van der Waals surface area contributed by atoms with E-state index >= 15 is 0 Å². The fourth-order valence-corrected chi connectivity index (χ4v) is 2.39. The molecule has 1 aromatic carbocycles. The van der Waals surface area contributed by atoms with Gasteiger partial charge in [-0.15, -0.1) is 0 Å². The molecule has 1 amide bonds. The van der Waals surface area contributed by atoms with Gasteiger partial charge >= 0.3 is 0 Å². The summed E-state index contributed by atoms with van der Waals surface area (Å²) in [4.78, 5) is 29.3. The molecule has 0 saturated heterocycles. The van der Waals surface area contributed by atoms with Gasteiger partial charge in [0.2, 0.25) is 10.0 Å². The first-order chi connectivity index (χ1) is 10.7. The van der Waals surface area contributed by atoms with Gasteiger partial charge in [0, 0.05) is 6.07 Å². The van der Waals surface area contributed by atoms with Gasteiger partial charge in [-0.05, 0) is 25.1 Å².